The summed E-state index contributed by atoms with van der Waals surface area (Å²) in [4.78, 5) is 30.0. The molecule has 1 aromatic heterocycles. The van der Waals surface area contributed by atoms with Crippen molar-refractivity contribution >= 4 is 29.3 Å². The topological polar surface area (TPSA) is 68.3 Å². The SMILES string of the molecule is O=C(CC1Sc2ccccc2NC1=O)OC(c1ccccc1)c1ccncc1. The number of carbonyl (C=O) groups is 2. The van der Waals surface area contributed by atoms with Crippen LogP contribution in [0.25, 0.3) is 0 Å². The number of nitrogens with zero attached hydrogens (tertiary/aromatic N) is 1. The van der Waals surface area contributed by atoms with Crippen LogP contribution in [0.3, 0.4) is 0 Å². The number of pyridine rings is 1. The van der Waals surface area contributed by atoms with Crippen molar-refractivity contribution in [1.29, 1.82) is 0 Å². The number of anilines is 1. The zero-order chi connectivity index (χ0) is 19.3. The van der Waals surface area contributed by atoms with Crippen molar-refractivity contribution in [3.05, 3.63) is 90.3 Å². The molecule has 2 unspecified atom stereocenters. The number of amides is 1. The summed E-state index contributed by atoms with van der Waals surface area (Å²) >= 11 is 1.39. The molecule has 4 rings (SSSR count). The Kier molecular flexibility index (Phi) is 5.39. The van der Waals surface area contributed by atoms with Gasteiger partial charge in [-0.05, 0) is 29.8 Å². The summed E-state index contributed by atoms with van der Waals surface area (Å²) in [5.74, 6) is -0.599. The van der Waals surface area contributed by atoms with E-state index in [1.807, 2.05) is 66.7 Å². The molecule has 140 valence electrons. The van der Waals surface area contributed by atoms with Gasteiger partial charge in [0.2, 0.25) is 5.91 Å². The van der Waals surface area contributed by atoms with E-state index in [1.165, 1.54) is 11.8 Å². The molecule has 3 aromatic rings. The fourth-order valence-corrected chi connectivity index (χ4v) is 4.15. The number of aromatic nitrogens is 1. The lowest BCUT2D eigenvalue weighted by molar-refractivity contribution is -0.148. The molecular formula is C22H18N2O3S. The molecule has 6 heteroatoms. The molecule has 2 atom stereocenters. The van der Waals surface area contributed by atoms with Gasteiger partial charge in [-0.2, -0.15) is 0 Å². The minimum absolute atomic E-state index is 0.000743. The molecule has 2 heterocycles. The minimum Gasteiger partial charge on any atom is -0.452 e. The summed E-state index contributed by atoms with van der Waals surface area (Å²) in [5.41, 5.74) is 2.48. The van der Waals surface area contributed by atoms with Crippen molar-refractivity contribution in [1.82, 2.24) is 4.98 Å². The lowest BCUT2D eigenvalue weighted by atomic mass is 10.0. The normalized spacial score (nSPS) is 16.6. The number of carbonyl (C=O) groups excluding carboxylic acids is 2. The highest BCUT2D eigenvalue weighted by Crippen LogP contribution is 2.37. The summed E-state index contributed by atoms with van der Waals surface area (Å²) in [7, 11) is 0. The van der Waals surface area contributed by atoms with E-state index in [0.29, 0.717) is 0 Å². The smallest absolute Gasteiger partial charge is 0.308 e. The lowest BCUT2D eigenvalue weighted by Gasteiger charge is -2.24. The summed E-state index contributed by atoms with van der Waals surface area (Å²) in [6.07, 6.45) is 2.79. The second-order valence-corrected chi connectivity index (χ2v) is 7.60. The fraction of sp³-hybridized carbons (Fsp3) is 0.136. The van der Waals surface area contributed by atoms with Gasteiger partial charge in [0.25, 0.3) is 0 Å². The number of hydrogen-bond donors (Lipinski definition) is 1. The van der Waals surface area contributed by atoms with Gasteiger partial charge in [0.1, 0.15) is 0 Å². The van der Waals surface area contributed by atoms with Crippen LogP contribution in [0.15, 0.2) is 84.0 Å². The number of benzene rings is 2. The van der Waals surface area contributed by atoms with E-state index in [2.05, 4.69) is 10.3 Å². The number of esters is 1. The van der Waals surface area contributed by atoms with Gasteiger partial charge in [-0.25, -0.2) is 0 Å². The first kappa shape index (κ1) is 18.3. The Labute approximate surface area is 167 Å². The molecule has 28 heavy (non-hydrogen) atoms. The van der Waals surface area contributed by atoms with Crippen molar-refractivity contribution in [3.8, 4) is 0 Å². The van der Waals surface area contributed by atoms with Gasteiger partial charge in [-0.15, -0.1) is 11.8 Å². The number of nitrogens with one attached hydrogen (secondary N) is 1. The van der Waals surface area contributed by atoms with E-state index in [-0.39, 0.29) is 12.3 Å². The molecule has 0 spiro atoms. The van der Waals surface area contributed by atoms with Gasteiger partial charge in [0.05, 0.1) is 17.4 Å². The maximum Gasteiger partial charge on any atom is 0.308 e. The van der Waals surface area contributed by atoms with Crippen LogP contribution in [0.1, 0.15) is 23.7 Å². The van der Waals surface area contributed by atoms with Crippen LogP contribution in [0.4, 0.5) is 5.69 Å². The van der Waals surface area contributed by atoms with Crippen molar-refractivity contribution in [2.45, 2.75) is 22.7 Å². The van der Waals surface area contributed by atoms with Crippen molar-refractivity contribution in [3.63, 3.8) is 0 Å². The molecule has 0 fully saturated rings. The molecule has 1 N–H and O–H groups in total. The zero-order valence-corrected chi connectivity index (χ0v) is 15.8. The van der Waals surface area contributed by atoms with Crippen LogP contribution >= 0.6 is 11.8 Å². The van der Waals surface area contributed by atoms with Crippen molar-refractivity contribution in [2.24, 2.45) is 0 Å². The molecule has 0 saturated heterocycles. The third-order valence-electron chi connectivity index (χ3n) is 4.42. The van der Waals surface area contributed by atoms with E-state index in [1.54, 1.807) is 12.4 Å². The third kappa shape index (κ3) is 4.07. The van der Waals surface area contributed by atoms with Gasteiger partial charge in [-0.1, -0.05) is 42.5 Å². The monoisotopic (exact) mass is 390 g/mol. The number of thioether (sulfide) groups is 1. The van der Waals surface area contributed by atoms with Gasteiger partial charge in [0.15, 0.2) is 6.10 Å². The number of para-hydroxylation sites is 1. The van der Waals surface area contributed by atoms with Crippen molar-refractivity contribution in [2.75, 3.05) is 5.32 Å². The Balaban J connectivity index is 1.50. The highest BCUT2D eigenvalue weighted by Gasteiger charge is 2.30. The predicted molar refractivity (Wildman–Crippen MR) is 108 cm³/mol. The molecule has 1 aliphatic rings. The second kappa shape index (κ2) is 8.27. The number of ether oxygens (including phenoxy) is 1. The first-order valence-corrected chi connectivity index (χ1v) is 9.79. The van der Waals surface area contributed by atoms with Crippen LogP contribution in [0.5, 0.6) is 0 Å². The van der Waals surface area contributed by atoms with Crippen LogP contribution in [-0.2, 0) is 14.3 Å². The Bertz CT molecular complexity index is 940. The Morgan fingerprint density at radius 2 is 1.68 bits per heavy atom. The van der Waals surface area contributed by atoms with Crippen molar-refractivity contribution < 1.29 is 14.3 Å². The highest BCUT2D eigenvalue weighted by atomic mass is 32.2. The average molecular weight is 390 g/mol. The molecule has 1 amide bonds. The number of hydrogen-bond acceptors (Lipinski definition) is 5. The molecule has 5 nitrogen and oxygen atoms in total. The first-order chi connectivity index (χ1) is 13.7. The molecule has 2 aromatic carbocycles. The molecule has 1 aliphatic heterocycles. The molecule has 0 radical (unpaired) electrons. The summed E-state index contributed by atoms with van der Waals surface area (Å²) in [6, 6.07) is 20.7. The first-order valence-electron chi connectivity index (χ1n) is 8.91. The Hall–Kier alpha value is -3.12. The van der Waals surface area contributed by atoms with Gasteiger partial charge in [-0.3, -0.25) is 14.6 Å². The van der Waals surface area contributed by atoms with Crippen LogP contribution < -0.4 is 5.32 Å². The quantitative estimate of drug-likeness (QED) is 0.661. The zero-order valence-electron chi connectivity index (χ0n) is 14.9. The Morgan fingerprint density at radius 3 is 2.46 bits per heavy atom. The summed E-state index contributed by atoms with van der Waals surface area (Å²) in [6.45, 7) is 0. The summed E-state index contributed by atoms with van der Waals surface area (Å²) in [5, 5.41) is 2.34. The highest BCUT2D eigenvalue weighted by molar-refractivity contribution is 8.01. The Morgan fingerprint density at radius 1 is 1.00 bits per heavy atom. The van der Waals surface area contributed by atoms with E-state index in [9.17, 15) is 9.59 Å². The molecule has 0 aliphatic carbocycles. The second-order valence-electron chi connectivity index (χ2n) is 6.36. The van der Waals surface area contributed by atoms with Crippen LogP contribution in [0.2, 0.25) is 0 Å². The largest absolute Gasteiger partial charge is 0.452 e. The van der Waals surface area contributed by atoms with Crippen LogP contribution in [-0.4, -0.2) is 22.1 Å². The van der Waals surface area contributed by atoms with Gasteiger partial charge in [0, 0.05) is 22.9 Å². The van der Waals surface area contributed by atoms with Gasteiger partial charge < -0.3 is 10.1 Å². The predicted octanol–water partition coefficient (Wildman–Crippen LogP) is 4.22. The minimum atomic E-state index is -0.541. The third-order valence-corrected chi connectivity index (χ3v) is 5.69. The maximum atomic E-state index is 12.7. The molecular weight excluding hydrogens is 372 g/mol. The molecule has 0 bridgehead atoms. The number of fused-ring (bicyclic) bond motifs is 1. The van der Waals surface area contributed by atoms with E-state index in [0.717, 1.165) is 21.7 Å². The van der Waals surface area contributed by atoms with E-state index in [4.69, 9.17) is 4.74 Å². The van der Waals surface area contributed by atoms with Gasteiger partial charge >= 0.3 is 5.97 Å². The fourth-order valence-electron chi connectivity index (χ4n) is 3.05. The number of rotatable bonds is 5. The molecule has 0 saturated carbocycles. The lowest BCUT2D eigenvalue weighted by Crippen LogP contribution is -2.31. The summed E-state index contributed by atoms with van der Waals surface area (Å²) < 4.78 is 5.80. The average Bonchev–Trinajstić information content (AvgIpc) is 2.74. The van der Waals surface area contributed by atoms with E-state index < -0.39 is 17.3 Å². The van der Waals surface area contributed by atoms with Crippen LogP contribution in [0, 0.1) is 0 Å². The standard InChI is InChI=1S/C22H18N2O3S/c25-20(14-19-22(26)24-17-8-4-5-9-18(17)28-19)27-21(15-6-2-1-3-7-15)16-10-12-23-13-11-16/h1-13,19,21H,14H2,(H,24,26). The van der Waals surface area contributed by atoms with E-state index >= 15 is 0 Å². The maximum absolute atomic E-state index is 12.7.